The summed E-state index contributed by atoms with van der Waals surface area (Å²) in [7, 11) is 1.70. The van der Waals surface area contributed by atoms with Crippen LogP contribution in [0.5, 0.6) is 0 Å². The largest absolute Gasteiger partial charge is 0.481 e. The highest BCUT2D eigenvalue weighted by Crippen LogP contribution is 2.36. The molecule has 2 fully saturated rings. The third kappa shape index (κ3) is 3.04. The molecule has 0 aromatic heterocycles. The van der Waals surface area contributed by atoms with E-state index in [0.717, 1.165) is 6.42 Å². The minimum Gasteiger partial charge on any atom is -0.481 e. The molecule has 6 heteroatoms. The van der Waals surface area contributed by atoms with Crippen molar-refractivity contribution in [3.63, 3.8) is 0 Å². The normalized spacial score (nSPS) is 29.8. The summed E-state index contributed by atoms with van der Waals surface area (Å²) < 4.78 is 0. The van der Waals surface area contributed by atoms with E-state index in [2.05, 4.69) is 0 Å². The number of rotatable bonds is 4. The van der Waals surface area contributed by atoms with Gasteiger partial charge in [0.2, 0.25) is 11.8 Å². The molecule has 1 N–H and O–H groups in total. The smallest absolute Gasteiger partial charge is 0.311 e. The first kappa shape index (κ1) is 15.8. The molecule has 2 saturated heterocycles. The van der Waals surface area contributed by atoms with Crippen molar-refractivity contribution < 1.29 is 19.5 Å². The van der Waals surface area contributed by atoms with Crippen molar-refractivity contribution in [2.45, 2.75) is 39.0 Å². The van der Waals surface area contributed by atoms with Crippen molar-refractivity contribution in [3.8, 4) is 0 Å². The van der Waals surface area contributed by atoms with Gasteiger partial charge in [-0.3, -0.25) is 14.4 Å². The van der Waals surface area contributed by atoms with Crippen LogP contribution in [0.1, 0.15) is 39.0 Å². The van der Waals surface area contributed by atoms with E-state index >= 15 is 0 Å². The van der Waals surface area contributed by atoms with Gasteiger partial charge in [-0.25, -0.2) is 0 Å². The molecule has 2 aliphatic rings. The fourth-order valence-corrected chi connectivity index (χ4v) is 3.57. The Labute approximate surface area is 125 Å². The zero-order chi connectivity index (χ0) is 15.6. The van der Waals surface area contributed by atoms with Gasteiger partial charge in [-0.2, -0.15) is 0 Å². The zero-order valence-electron chi connectivity index (χ0n) is 12.8. The van der Waals surface area contributed by atoms with E-state index in [1.807, 2.05) is 6.92 Å². The minimum absolute atomic E-state index is 0.0107. The van der Waals surface area contributed by atoms with Crippen LogP contribution in [-0.4, -0.2) is 59.4 Å². The van der Waals surface area contributed by atoms with Crippen LogP contribution in [0.2, 0.25) is 0 Å². The lowest BCUT2D eigenvalue weighted by Crippen LogP contribution is -2.51. The molecule has 2 atom stereocenters. The van der Waals surface area contributed by atoms with Crippen LogP contribution in [0, 0.1) is 11.3 Å². The molecule has 0 bridgehead atoms. The SMILES string of the molecule is CCCC1(C(=O)O)CCCN(C(=O)C2CC(=O)N(C)C2)C1. The molecule has 6 nitrogen and oxygen atoms in total. The van der Waals surface area contributed by atoms with Crippen molar-refractivity contribution >= 4 is 17.8 Å². The molecule has 2 aliphatic heterocycles. The van der Waals surface area contributed by atoms with Crippen molar-refractivity contribution in [3.05, 3.63) is 0 Å². The average Bonchev–Trinajstić information content (AvgIpc) is 2.78. The summed E-state index contributed by atoms with van der Waals surface area (Å²) in [5, 5.41) is 9.57. The number of carboxylic acid groups (broad SMARTS) is 1. The fraction of sp³-hybridized carbons (Fsp3) is 0.800. The van der Waals surface area contributed by atoms with E-state index < -0.39 is 11.4 Å². The van der Waals surface area contributed by atoms with E-state index in [-0.39, 0.29) is 30.7 Å². The highest BCUT2D eigenvalue weighted by atomic mass is 16.4. The fourth-order valence-electron chi connectivity index (χ4n) is 3.57. The summed E-state index contributed by atoms with van der Waals surface area (Å²) in [6.45, 7) is 3.30. The standard InChI is InChI=1S/C15H24N2O4/c1-3-5-15(14(20)21)6-4-7-17(10-15)13(19)11-8-12(18)16(2)9-11/h11H,3-10H2,1-2H3,(H,20,21). The van der Waals surface area contributed by atoms with Crippen LogP contribution in [0.15, 0.2) is 0 Å². The molecule has 21 heavy (non-hydrogen) atoms. The van der Waals surface area contributed by atoms with Gasteiger partial charge in [0, 0.05) is 33.1 Å². The third-order valence-corrected chi connectivity index (χ3v) is 4.76. The highest BCUT2D eigenvalue weighted by molar-refractivity contribution is 5.89. The molecular formula is C15H24N2O4. The van der Waals surface area contributed by atoms with E-state index in [4.69, 9.17) is 0 Å². The number of aliphatic carboxylic acids is 1. The predicted octanol–water partition coefficient (Wildman–Crippen LogP) is 0.958. The van der Waals surface area contributed by atoms with Gasteiger partial charge in [0.15, 0.2) is 0 Å². The van der Waals surface area contributed by atoms with Gasteiger partial charge in [0.05, 0.1) is 11.3 Å². The molecule has 0 spiro atoms. The number of hydrogen-bond acceptors (Lipinski definition) is 3. The Morgan fingerprint density at radius 1 is 1.43 bits per heavy atom. The van der Waals surface area contributed by atoms with Gasteiger partial charge in [-0.05, 0) is 19.3 Å². The predicted molar refractivity (Wildman–Crippen MR) is 76.5 cm³/mol. The Morgan fingerprint density at radius 2 is 2.14 bits per heavy atom. The number of amides is 2. The first-order valence-electron chi connectivity index (χ1n) is 7.66. The van der Waals surface area contributed by atoms with Gasteiger partial charge in [0.25, 0.3) is 0 Å². The van der Waals surface area contributed by atoms with Gasteiger partial charge in [-0.1, -0.05) is 13.3 Å². The molecule has 118 valence electrons. The van der Waals surface area contributed by atoms with E-state index in [0.29, 0.717) is 32.4 Å². The molecule has 0 aromatic rings. The molecule has 0 aromatic carbocycles. The molecule has 2 unspecified atom stereocenters. The summed E-state index contributed by atoms with van der Waals surface area (Å²) in [4.78, 5) is 39.0. The first-order chi connectivity index (χ1) is 9.89. The van der Waals surface area contributed by atoms with Crippen LogP contribution in [0.3, 0.4) is 0 Å². The maximum atomic E-state index is 12.6. The number of likely N-dealkylation sites (tertiary alicyclic amines) is 2. The molecule has 0 radical (unpaired) electrons. The number of hydrogen-bond donors (Lipinski definition) is 1. The first-order valence-corrected chi connectivity index (χ1v) is 7.66. The summed E-state index contributed by atoms with van der Waals surface area (Å²) in [6.07, 6.45) is 2.98. The maximum Gasteiger partial charge on any atom is 0.311 e. The Kier molecular flexibility index (Phi) is 4.54. The molecule has 0 aliphatic carbocycles. The van der Waals surface area contributed by atoms with E-state index in [9.17, 15) is 19.5 Å². The third-order valence-electron chi connectivity index (χ3n) is 4.76. The molecule has 2 rings (SSSR count). The number of carbonyl (C=O) groups is 3. The Morgan fingerprint density at radius 3 is 2.67 bits per heavy atom. The second-order valence-corrected chi connectivity index (χ2v) is 6.37. The molecule has 0 saturated carbocycles. The second kappa shape index (κ2) is 6.03. The van der Waals surface area contributed by atoms with Crippen LogP contribution in [0.25, 0.3) is 0 Å². The lowest BCUT2D eigenvalue weighted by atomic mass is 9.76. The van der Waals surface area contributed by atoms with Gasteiger partial charge < -0.3 is 14.9 Å². The minimum atomic E-state index is -0.808. The van der Waals surface area contributed by atoms with Gasteiger partial charge in [0.1, 0.15) is 0 Å². The Bertz CT molecular complexity index is 447. The number of carbonyl (C=O) groups excluding carboxylic acids is 2. The van der Waals surface area contributed by atoms with Crippen molar-refractivity contribution in [2.75, 3.05) is 26.7 Å². The summed E-state index contributed by atoms with van der Waals surface area (Å²) in [5.74, 6) is -1.19. The quantitative estimate of drug-likeness (QED) is 0.838. The topological polar surface area (TPSA) is 77.9 Å². The van der Waals surface area contributed by atoms with Gasteiger partial charge >= 0.3 is 5.97 Å². The monoisotopic (exact) mass is 296 g/mol. The van der Waals surface area contributed by atoms with Crippen LogP contribution in [0.4, 0.5) is 0 Å². The maximum absolute atomic E-state index is 12.6. The summed E-state index contributed by atoms with van der Waals surface area (Å²) >= 11 is 0. The van der Waals surface area contributed by atoms with E-state index in [1.165, 1.54) is 0 Å². The average molecular weight is 296 g/mol. The Hall–Kier alpha value is -1.59. The highest BCUT2D eigenvalue weighted by Gasteiger charge is 2.44. The van der Waals surface area contributed by atoms with Crippen molar-refractivity contribution in [2.24, 2.45) is 11.3 Å². The van der Waals surface area contributed by atoms with Crippen LogP contribution in [-0.2, 0) is 14.4 Å². The Balaban J connectivity index is 2.08. The summed E-state index contributed by atoms with van der Waals surface area (Å²) in [5.41, 5.74) is -0.808. The number of nitrogens with zero attached hydrogens (tertiary/aromatic N) is 2. The lowest BCUT2D eigenvalue weighted by molar-refractivity contribution is -0.156. The second-order valence-electron chi connectivity index (χ2n) is 6.37. The lowest BCUT2D eigenvalue weighted by Gasteiger charge is -2.40. The van der Waals surface area contributed by atoms with Crippen LogP contribution < -0.4 is 0 Å². The van der Waals surface area contributed by atoms with Crippen molar-refractivity contribution in [1.29, 1.82) is 0 Å². The van der Waals surface area contributed by atoms with E-state index in [1.54, 1.807) is 16.8 Å². The van der Waals surface area contributed by atoms with Gasteiger partial charge in [-0.15, -0.1) is 0 Å². The number of carboxylic acids is 1. The van der Waals surface area contributed by atoms with Crippen molar-refractivity contribution in [1.82, 2.24) is 9.80 Å². The van der Waals surface area contributed by atoms with Crippen LogP contribution >= 0.6 is 0 Å². The zero-order valence-corrected chi connectivity index (χ0v) is 12.8. The molecule has 2 amide bonds. The summed E-state index contributed by atoms with van der Waals surface area (Å²) in [6, 6.07) is 0. The molecule has 2 heterocycles. The molecular weight excluding hydrogens is 272 g/mol. The number of piperidine rings is 1.